The molecule has 0 fully saturated rings. The fourth-order valence-electron chi connectivity index (χ4n) is 0. The SMILES string of the molecule is F[P-](F)(F)(F)(F)F.[CH3][Pb]([CH3])([CH3])[CH3]. The van der Waals surface area contributed by atoms with Gasteiger partial charge < -0.3 is 0 Å². The van der Waals surface area contributed by atoms with Crippen molar-refractivity contribution >= 4 is 29.0 Å². The molecule has 0 amide bonds. The quantitative estimate of drug-likeness (QED) is 0.286. The van der Waals surface area contributed by atoms with E-state index in [9.17, 15) is 25.2 Å². The molecule has 80 valence electrons. The van der Waals surface area contributed by atoms with Crippen LogP contribution in [0.5, 0.6) is 0 Å². The van der Waals surface area contributed by atoms with Gasteiger partial charge in [-0.25, -0.2) is 0 Å². The summed E-state index contributed by atoms with van der Waals surface area (Å²) in [5, 5.41) is 0. The van der Waals surface area contributed by atoms with Crippen LogP contribution in [0.4, 0.5) is 25.2 Å². The summed E-state index contributed by atoms with van der Waals surface area (Å²) in [6.07, 6.45) is 0. The van der Waals surface area contributed by atoms with Gasteiger partial charge in [0.25, 0.3) is 0 Å². The molecule has 0 nitrogen and oxygen atoms in total. The zero-order chi connectivity index (χ0) is 10.9. The van der Waals surface area contributed by atoms with E-state index in [0.717, 1.165) is 0 Å². The first kappa shape index (κ1) is 15.4. The molecule has 8 heteroatoms. The van der Waals surface area contributed by atoms with Crippen LogP contribution in [0.2, 0.25) is 17.9 Å². The molecule has 0 rings (SSSR count). The van der Waals surface area contributed by atoms with E-state index in [-0.39, 0.29) is 0 Å². The van der Waals surface area contributed by atoms with Crippen LogP contribution < -0.4 is 0 Å². The molecular formula is C4H12F6PPb-. The second-order valence-corrected chi connectivity index (χ2v) is 29.2. The first-order valence-corrected chi connectivity index (χ1v) is 20.6. The van der Waals surface area contributed by atoms with E-state index in [0.29, 0.717) is 0 Å². The molecule has 0 aromatic heterocycles. The first-order chi connectivity index (χ1) is 4.45. The van der Waals surface area contributed by atoms with Crippen molar-refractivity contribution in [1.29, 1.82) is 0 Å². The van der Waals surface area contributed by atoms with Gasteiger partial charge in [-0.1, -0.05) is 0 Å². The molecule has 0 spiro atoms. The molecule has 0 saturated heterocycles. The number of hydrogen-bond acceptors (Lipinski definition) is 0. The fourth-order valence-corrected chi connectivity index (χ4v) is 0. The van der Waals surface area contributed by atoms with Crippen LogP contribution >= 0.6 is 7.81 Å². The summed E-state index contributed by atoms with van der Waals surface area (Å²) in [4.78, 5) is 0. The summed E-state index contributed by atoms with van der Waals surface area (Å²) in [7, 11) is -10.7. The minimum atomic E-state index is -10.7. The third-order valence-corrected chi connectivity index (χ3v) is 0. The molecule has 0 heterocycles. The Morgan fingerprint density at radius 2 is 0.667 bits per heavy atom. The van der Waals surface area contributed by atoms with Crippen molar-refractivity contribution in [3.05, 3.63) is 0 Å². The summed E-state index contributed by atoms with van der Waals surface area (Å²) in [5.74, 6) is 0. The van der Waals surface area contributed by atoms with Gasteiger partial charge in [0.15, 0.2) is 0 Å². The van der Waals surface area contributed by atoms with Crippen LogP contribution in [0.3, 0.4) is 0 Å². The van der Waals surface area contributed by atoms with Crippen LogP contribution in [0.1, 0.15) is 0 Å². The summed E-state index contributed by atoms with van der Waals surface area (Å²) in [6.45, 7) is 0. The van der Waals surface area contributed by atoms with Gasteiger partial charge in [0.1, 0.15) is 0 Å². The normalized spacial score (nSPS) is 18.5. The number of hydrogen-bond donors (Lipinski definition) is 0. The van der Waals surface area contributed by atoms with Gasteiger partial charge >= 0.3 is 72.1 Å². The average molecular weight is 412 g/mol. The van der Waals surface area contributed by atoms with Crippen molar-refractivity contribution in [2.45, 2.75) is 17.9 Å². The van der Waals surface area contributed by atoms with Gasteiger partial charge in [-0.05, 0) is 0 Å². The van der Waals surface area contributed by atoms with Crippen LogP contribution in [-0.2, 0) is 0 Å². The molecule has 0 aliphatic rings. The summed E-state index contributed by atoms with van der Waals surface area (Å²) < 4.78 is 68.8. The second-order valence-electron chi connectivity index (χ2n) is 3.96. The van der Waals surface area contributed by atoms with E-state index in [2.05, 4.69) is 17.9 Å². The first-order valence-electron chi connectivity index (χ1n) is 3.01. The molecule has 12 heavy (non-hydrogen) atoms. The van der Waals surface area contributed by atoms with Gasteiger partial charge in [-0.15, -0.1) is 0 Å². The molecule has 0 aliphatic carbocycles. The van der Waals surface area contributed by atoms with Crippen LogP contribution in [0, 0.1) is 0 Å². The zero-order valence-electron chi connectivity index (χ0n) is 7.22. The Balaban J connectivity index is 0. The Kier molecular flexibility index (Phi) is 3.81. The Morgan fingerprint density at radius 3 is 0.667 bits per heavy atom. The van der Waals surface area contributed by atoms with E-state index in [1.807, 2.05) is 0 Å². The Morgan fingerprint density at radius 1 is 0.667 bits per heavy atom. The standard InChI is InChI=1S/4CH3.F6P.Pb/c;;;;1-7(2,3,4,5)6;/h4*1H3;;/q;;;;-1;. The van der Waals surface area contributed by atoms with Gasteiger partial charge in [-0.3, -0.25) is 0 Å². The van der Waals surface area contributed by atoms with Crippen molar-refractivity contribution in [1.82, 2.24) is 0 Å². The zero-order valence-corrected chi connectivity index (χ0v) is 12.0. The number of rotatable bonds is 0. The van der Waals surface area contributed by atoms with Crippen molar-refractivity contribution in [3.8, 4) is 0 Å². The monoisotopic (exact) mass is 413 g/mol. The van der Waals surface area contributed by atoms with Crippen LogP contribution in [0.25, 0.3) is 0 Å². The molecule has 0 saturated carbocycles. The molecule has 0 bridgehead atoms. The van der Waals surface area contributed by atoms with Gasteiger partial charge in [-0.2, -0.15) is 0 Å². The maximum absolute atomic E-state index is 10.7. The second kappa shape index (κ2) is 2.96. The molecule has 0 unspecified atom stereocenters. The Hall–Kier alpha value is 0.932. The Labute approximate surface area is 72.2 Å². The molecule has 0 aliphatic heterocycles. The molecular weight excluding hydrogens is 400 g/mol. The molecule has 0 aromatic rings. The number of halogens is 6. The predicted molar refractivity (Wildman–Crippen MR) is 42.8 cm³/mol. The van der Waals surface area contributed by atoms with Crippen LogP contribution in [-0.4, -0.2) is 21.2 Å². The fraction of sp³-hybridized carbons (Fsp3) is 1.00. The maximum atomic E-state index is 9.87. The van der Waals surface area contributed by atoms with Gasteiger partial charge in [0.05, 0.1) is 0 Å². The average Bonchev–Trinajstić information content (AvgIpc) is 1.04. The van der Waals surface area contributed by atoms with Gasteiger partial charge in [0.2, 0.25) is 0 Å². The van der Waals surface area contributed by atoms with Crippen molar-refractivity contribution in [2.24, 2.45) is 0 Å². The van der Waals surface area contributed by atoms with E-state index in [4.69, 9.17) is 0 Å². The van der Waals surface area contributed by atoms with Crippen LogP contribution in [0.15, 0.2) is 0 Å². The van der Waals surface area contributed by atoms with Gasteiger partial charge in [0, 0.05) is 0 Å². The molecule has 0 aromatic carbocycles. The van der Waals surface area contributed by atoms with E-state index >= 15 is 0 Å². The van der Waals surface area contributed by atoms with Crippen molar-refractivity contribution in [3.63, 3.8) is 0 Å². The predicted octanol–water partition coefficient (Wildman–Crippen LogP) is 5.34. The minimum absolute atomic E-state index is 1.28. The Bertz CT molecular complexity index is 130. The van der Waals surface area contributed by atoms with Crippen molar-refractivity contribution < 1.29 is 25.2 Å². The topological polar surface area (TPSA) is 0 Å². The summed E-state index contributed by atoms with van der Waals surface area (Å²) in [5.41, 5.74) is 0. The summed E-state index contributed by atoms with van der Waals surface area (Å²) >= 11 is -1.28. The van der Waals surface area contributed by atoms with E-state index in [1.54, 1.807) is 0 Å². The molecule has 0 radical (unpaired) electrons. The van der Waals surface area contributed by atoms with E-state index < -0.39 is 29.0 Å². The molecule has 0 N–H and O–H groups in total. The summed E-state index contributed by atoms with van der Waals surface area (Å²) in [6, 6.07) is 0. The third kappa shape index (κ3) is 1240. The van der Waals surface area contributed by atoms with E-state index in [1.165, 1.54) is 0 Å². The van der Waals surface area contributed by atoms with Crippen molar-refractivity contribution in [2.75, 3.05) is 0 Å². The third-order valence-electron chi connectivity index (χ3n) is 0. The molecule has 0 atom stereocenters.